The standard InChI is InChI=1S/C32H32F8O/c1-2-3-17-4-6-18(7-5-17)19-8-11-22(12-9-19)32(39,40)41-26-16-20-10-13-23(28(35)27(20)31(38)30(26)37)21-14-24(33)29(36)25(34)15-21/h10,13-19,22H,2-9,11-12H2,1H3. The molecule has 41 heavy (non-hydrogen) atoms. The Bertz CT molecular complexity index is 1380. The van der Waals surface area contributed by atoms with Crippen LogP contribution in [0.15, 0.2) is 30.3 Å². The fourth-order valence-corrected chi connectivity index (χ4v) is 6.88. The molecule has 0 unspecified atom stereocenters. The number of hydrogen-bond acceptors (Lipinski definition) is 1. The summed E-state index contributed by atoms with van der Waals surface area (Å²) >= 11 is 0. The Morgan fingerprint density at radius 2 is 1.29 bits per heavy atom. The summed E-state index contributed by atoms with van der Waals surface area (Å²) < 4.78 is 121. The maximum atomic E-state index is 15.2. The molecule has 0 atom stereocenters. The van der Waals surface area contributed by atoms with Gasteiger partial charge in [-0.3, -0.25) is 0 Å². The molecule has 2 saturated carbocycles. The van der Waals surface area contributed by atoms with Crippen LogP contribution in [0.3, 0.4) is 0 Å². The minimum absolute atomic E-state index is 0.201. The summed E-state index contributed by atoms with van der Waals surface area (Å²) in [5.74, 6) is -10.5. The molecular formula is C32H32F8O. The van der Waals surface area contributed by atoms with Crippen LogP contribution in [-0.2, 0) is 0 Å². The van der Waals surface area contributed by atoms with E-state index in [9.17, 15) is 17.6 Å². The van der Waals surface area contributed by atoms with Gasteiger partial charge in [-0.05, 0) is 85.4 Å². The summed E-state index contributed by atoms with van der Waals surface area (Å²) in [6.45, 7) is 2.19. The van der Waals surface area contributed by atoms with E-state index in [4.69, 9.17) is 4.74 Å². The predicted molar refractivity (Wildman–Crippen MR) is 141 cm³/mol. The molecule has 0 aromatic heterocycles. The SMILES string of the molecule is CCCC1CCC(C2CCC(C(F)(F)Oc3cc4ccc(-c5cc(F)c(F)c(F)c5)c(F)c4c(F)c3F)CC2)CC1. The number of hydrogen-bond donors (Lipinski definition) is 0. The number of benzene rings is 3. The lowest BCUT2D eigenvalue weighted by Gasteiger charge is -2.39. The lowest BCUT2D eigenvalue weighted by Crippen LogP contribution is -2.38. The molecule has 0 spiro atoms. The van der Waals surface area contributed by atoms with Crippen LogP contribution >= 0.6 is 0 Å². The van der Waals surface area contributed by atoms with Crippen molar-refractivity contribution in [3.05, 3.63) is 65.2 Å². The van der Waals surface area contributed by atoms with Crippen LogP contribution in [0.2, 0.25) is 0 Å². The minimum atomic E-state index is -3.77. The van der Waals surface area contributed by atoms with Gasteiger partial charge in [-0.25, -0.2) is 22.0 Å². The first-order chi connectivity index (χ1) is 19.5. The molecule has 2 aliphatic carbocycles. The van der Waals surface area contributed by atoms with Gasteiger partial charge >= 0.3 is 6.11 Å². The molecule has 0 aliphatic heterocycles. The van der Waals surface area contributed by atoms with Crippen molar-refractivity contribution < 1.29 is 39.9 Å². The van der Waals surface area contributed by atoms with Crippen molar-refractivity contribution in [2.24, 2.45) is 23.7 Å². The molecular weight excluding hydrogens is 552 g/mol. The molecule has 1 nitrogen and oxygen atoms in total. The second-order valence-electron chi connectivity index (χ2n) is 11.6. The highest BCUT2D eigenvalue weighted by atomic mass is 19.3. The van der Waals surface area contributed by atoms with Gasteiger partial charge in [0.2, 0.25) is 5.82 Å². The van der Waals surface area contributed by atoms with Gasteiger partial charge in [-0.15, -0.1) is 0 Å². The van der Waals surface area contributed by atoms with Crippen LogP contribution in [0, 0.1) is 58.6 Å². The third-order valence-electron chi connectivity index (χ3n) is 9.13. The number of ether oxygens (including phenoxy) is 1. The van der Waals surface area contributed by atoms with E-state index >= 15 is 17.6 Å². The van der Waals surface area contributed by atoms with Crippen molar-refractivity contribution in [2.75, 3.05) is 0 Å². The molecule has 2 fully saturated rings. The van der Waals surface area contributed by atoms with Crippen molar-refractivity contribution >= 4 is 10.8 Å². The molecule has 2 aliphatic rings. The molecule has 3 aromatic carbocycles. The first kappa shape index (κ1) is 29.6. The second kappa shape index (κ2) is 11.8. The first-order valence-electron chi connectivity index (χ1n) is 14.3. The highest BCUT2D eigenvalue weighted by Gasteiger charge is 2.46. The van der Waals surface area contributed by atoms with Crippen molar-refractivity contribution in [1.82, 2.24) is 0 Å². The average molecular weight is 585 g/mol. The average Bonchev–Trinajstić information content (AvgIpc) is 2.95. The van der Waals surface area contributed by atoms with Crippen LogP contribution < -0.4 is 4.74 Å². The van der Waals surface area contributed by atoms with Gasteiger partial charge in [-0.1, -0.05) is 44.7 Å². The molecule has 0 N–H and O–H groups in total. The largest absolute Gasteiger partial charge is 0.429 e. The fourth-order valence-electron chi connectivity index (χ4n) is 6.88. The summed E-state index contributed by atoms with van der Waals surface area (Å²) in [6, 6.07) is 3.91. The molecule has 0 saturated heterocycles. The number of halogens is 8. The summed E-state index contributed by atoms with van der Waals surface area (Å²) in [6.07, 6.45) is 4.90. The van der Waals surface area contributed by atoms with Gasteiger partial charge in [0, 0.05) is 5.56 Å². The molecule has 222 valence electrons. The minimum Gasteiger partial charge on any atom is -0.429 e. The molecule has 3 aromatic rings. The number of rotatable bonds is 7. The maximum Gasteiger partial charge on any atom is 0.400 e. The molecule has 0 radical (unpaired) electrons. The summed E-state index contributed by atoms with van der Waals surface area (Å²) in [5.41, 5.74) is -0.972. The van der Waals surface area contributed by atoms with Gasteiger partial charge in [-0.2, -0.15) is 13.2 Å². The zero-order valence-corrected chi connectivity index (χ0v) is 22.7. The smallest absolute Gasteiger partial charge is 0.400 e. The van der Waals surface area contributed by atoms with E-state index in [1.807, 2.05) is 0 Å². The van der Waals surface area contributed by atoms with Crippen LogP contribution in [0.4, 0.5) is 35.1 Å². The quantitative estimate of drug-likeness (QED) is 0.198. The third-order valence-corrected chi connectivity index (χ3v) is 9.13. The zero-order valence-electron chi connectivity index (χ0n) is 22.7. The monoisotopic (exact) mass is 584 g/mol. The van der Waals surface area contributed by atoms with Gasteiger partial charge < -0.3 is 4.74 Å². The zero-order chi connectivity index (χ0) is 29.5. The van der Waals surface area contributed by atoms with Crippen LogP contribution in [-0.4, -0.2) is 6.11 Å². The van der Waals surface area contributed by atoms with Crippen molar-refractivity contribution in [2.45, 2.75) is 77.2 Å². The summed E-state index contributed by atoms with van der Waals surface area (Å²) in [5, 5.41) is -1.20. The lowest BCUT2D eigenvalue weighted by atomic mass is 9.68. The van der Waals surface area contributed by atoms with E-state index < -0.39 is 69.2 Å². The molecule has 0 heterocycles. The topological polar surface area (TPSA) is 9.23 Å². The Labute approximate surface area is 233 Å². The Hall–Kier alpha value is -2.84. The van der Waals surface area contributed by atoms with Gasteiger partial charge in [0.25, 0.3) is 0 Å². The van der Waals surface area contributed by atoms with E-state index in [1.165, 1.54) is 25.7 Å². The third kappa shape index (κ3) is 5.91. The Morgan fingerprint density at radius 1 is 0.707 bits per heavy atom. The Morgan fingerprint density at radius 3 is 1.88 bits per heavy atom. The van der Waals surface area contributed by atoms with Crippen LogP contribution in [0.5, 0.6) is 5.75 Å². The van der Waals surface area contributed by atoms with Crippen LogP contribution in [0.1, 0.15) is 71.1 Å². The fraction of sp³-hybridized carbons (Fsp3) is 0.500. The normalized spacial score (nSPS) is 23.6. The van der Waals surface area contributed by atoms with E-state index in [2.05, 4.69) is 6.92 Å². The summed E-state index contributed by atoms with van der Waals surface area (Å²) in [4.78, 5) is 0. The predicted octanol–water partition coefficient (Wildman–Crippen LogP) is 10.7. The van der Waals surface area contributed by atoms with Crippen LogP contribution in [0.25, 0.3) is 21.9 Å². The number of alkyl halides is 2. The van der Waals surface area contributed by atoms with Crippen molar-refractivity contribution in [3.8, 4) is 16.9 Å². The van der Waals surface area contributed by atoms with E-state index in [-0.39, 0.29) is 18.2 Å². The highest BCUT2D eigenvalue weighted by Crippen LogP contribution is 2.46. The van der Waals surface area contributed by atoms with E-state index in [1.54, 1.807) is 0 Å². The van der Waals surface area contributed by atoms with Crippen molar-refractivity contribution in [3.63, 3.8) is 0 Å². The van der Waals surface area contributed by atoms with Gasteiger partial charge in [0.15, 0.2) is 29.0 Å². The lowest BCUT2D eigenvalue weighted by molar-refractivity contribution is -0.225. The highest BCUT2D eigenvalue weighted by molar-refractivity contribution is 5.90. The second-order valence-corrected chi connectivity index (χ2v) is 11.6. The molecule has 9 heteroatoms. The first-order valence-corrected chi connectivity index (χ1v) is 14.3. The summed E-state index contributed by atoms with van der Waals surface area (Å²) in [7, 11) is 0. The van der Waals surface area contributed by atoms with E-state index in [0.29, 0.717) is 36.8 Å². The Kier molecular flexibility index (Phi) is 8.53. The van der Waals surface area contributed by atoms with E-state index in [0.717, 1.165) is 37.0 Å². The van der Waals surface area contributed by atoms with Crippen molar-refractivity contribution in [1.29, 1.82) is 0 Å². The van der Waals surface area contributed by atoms with Gasteiger partial charge in [0.1, 0.15) is 5.82 Å². The molecule has 0 bridgehead atoms. The Balaban J connectivity index is 1.31. The molecule has 5 rings (SSSR count). The van der Waals surface area contributed by atoms with Gasteiger partial charge in [0.05, 0.1) is 11.3 Å². The maximum absolute atomic E-state index is 15.2. The molecule has 0 amide bonds. The number of fused-ring (bicyclic) bond motifs is 1.